The van der Waals surface area contributed by atoms with Gasteiger partial charge in [-0.25, -0.2) is 4.98 Å². The summed E-state index contributed by atoms with van der Waals surface area (Å²) in [6, 6.07) is 11.9. The van der Waals surface area contributed by atoms with Gasteiger partial charge in [0.1, 0.15) is 5.15 Å². The van der Waals surface area contributed by atoms with Crippen LogP contribution in [0.25, 0.3) is 0 Å². The number of carbonyl (C=O) groups excluding carboxylic acids is 1. The van der Waals surface area contributed by atoms with Gasteiger partial charge in [-0.2, -0.15) is 0 Å². The highest BCUT2D eigenvalue weighted by atomic mass is 35.5. The van der Waals surface area contributed by atoms with E-state index < -0.39 is 0 Å². The number of rotatable bonds is 3. The van der Waals surface area contributed by atoms with Crippen molar-refractivity contribution in [3.05, 3.63) is 58.9 Å². The molecule has 1 N–H and O–H groups in total. The van der Waals surface area contributed by atoms with E-state index in [1.807, 2.05) is 35.2 Å². The summed E-state index contributed by atoms with van der Waals surface area (Å²) in [5.41, 5.74) is 2.62. The number of nitrogens with zero attached hydrogens (tertiary/aromatic N) is 3. The Bertz CT molecular complexity index is 746. The molecule has 0 radical (unpaired) electrons. The van der Waals surface area contributed by atoms with Crippen LogP contribution in [-0.2, 0) is 6.54 Å². The van der Waals surface area contributed by atoms with Gasteiger partial charge in [0.05, 0.1) is 24.1 Å². The molecule has 1 saturated heterocycles. The van der Waals surface area contributed by atoms with Gasteiger partial charge in [-0.3, -0.25) is 10.1 Å². The van der Waals surface area contributed by atoms with E-state index in [0.29, 0.717) is 23.9 Å². The first-order chi connectivity index (χ1) is 11.7. The first kappa shape index (κ1) is 15.4. The summed E-state index contributed by atoms with van der Waals surface area (Å²) in [5.74, 6) is 0.00673. The number of pyridine rings is 1. The molecule has 4 rings (SSSR count). The number of nitrogens with one attached hydrogen (secondary N) is 1. The Morgan fingerprint density at radius 1 is 1.29 bits per heavy atom. The van der Waals surface area contributed by atoms with Crippen LogP contribution in [0.5, 0.6) is 0 Å². The predicted octanol–water partition coefficient (Wildman–Crippen LogP) is 2.86. The third-order valence-electron chi connectivity index (χ3n) is 4.63. The third-order valence-corrected chi connectivity index (χ3v) is 4.83. The van der Waals surface area contributed by atoms with Gasteiger partial charge in [-0.05, 0) is 31.0 Å². The Hall–Kier alpha value is -2.11. The number of halogens is 1. The molecule has 1 atom stereocenters. The van der Waals surface area contributed by atoms with Crippen LogP contribution in [0.15, 0.2) is 42.6 Å². The fourth-order valence-corrected chi connectivity index (χ4v) is 3.59. The van der Waals surface area contributed by atoms with E-state index >= 15 is 0 Å². The summed E-state index contributed by atoms with van der Waals surface area (Å²) in [5, 5.41) is 3.93. The normalized spacial score (nSPS) is 20.4. The predicted molar refractivity (Wildman–Crippen MR) is 93.9 cm³/mol. The van der Waals surface area contributed by atoms with E-state index in [1.54, 1.807) is 12.3 Å². The average molecular weight is 343 g/mol. The fraction of sp³-hybridized carbons (Fsp3) is 0.333. The molecule has 124 valence electrons. The number of amides is 1. The zero-order valence-electron chi connectivity index (χ0n) is 13.3. The van der Waals surface area contributed by atoms with Crippen molar-refractivity contribution in [2.75, 3.05) is 18.1 Å². The van der Waals surface area contributed by atoms with Gasteiger partial charge >= 0.3 is 0 Å². The lowest BCUT2D eigenvalue weighted by Crippen LogP contribution is -2.53. The molecule has 2 aromatic rings. The van der Waals surface area contributed by atoms with Crippen molar-refractivity contribution in [1.82, 2.24) is 15.2 Å². The molecule has 5 nitrogen and oxygen atoms in total. The molecule has 0 aliphatic carbocycles. The first-order valence-corrected chi connectivity index (χ1v) is 8.59. The second-order valence-electron chi connectivity index (χ2n) is 6.24. The number of carbonyl (C=O) groups is 1. The lowest BCUT2D eigenvalue weighted by atomic mass is 10.1. The van der Waals surface area contributed by atoms with Gasteiger partial charge < -0.3 is 9.80 Å². The van der Waals surface area contributed by atoms with Crippen LogP contribution in [0.2, 0.25) is 5.15 Å². The molecule has 0 spiro atoms. The standard InChI is InChI=1S/C18H19ClN4O/c19-16-9-15-14(10-21-16)18(24)22(11-13-5-2-1-3-6-13)12-23(15)17-7-4-8-20-17/h1-3,5-6,9-10,17,20H,4,7-8,11-12H2. The zero-order valence-corrected chi connectivity index (χ0v) is 14.0. The summed E-state index contributed by atoms with van der Waals surface area (Å²) < 4.78 is 0. The van der Waals surface area contributed by atoms with Crippen molar-refractivity contribution in [1.29, 1.82) is 0 Å². The van der Waals surface area contributed by atoms with Crippen molar-refractivity contribution >= 4 is 23.2 Å². The highest BCUT2D eigenvalue weighted by molar-refractivity contribution is 6.29. The average Bonchev–Trinajstić information content (AvgIpc) is 3.12. The molecule has 1 amide bonds. The van der Waals surface area contributed by atoms with E-state index in [9.17, 15) is 4.79 Å². The maximum atomic E-state index is 12.9. The lowest BCUT2D eigenvalue weighted by molar-refractivity contribution is 0.0721. The second kappa shape index (κ2) is 6.42. The van der Waals surface area contributed by atoms with Gasteiger partial charge in [0, 0.05) is 12.7 Å². The van der Waals surface area contributed by atoms with Crippen LogP contribution in [0, 0.1) is 0 Å². The van der Waals surface area contributed by atoms with Gasteiger partial charge in [-0.15, -0.1) is 0 Å². The molecular formula is C18H19ClN4O. The van der Waals surface area contributed by atoms with E-state index in [0.717, 1.165) is 30.6 Å². The highest BCUT2D eigenvalue weighted by Gasteiger charge is 2.34. The van der Waals surface area contributed by atoms with Crippen molar-refractivity contribution in [2.45, 2.75) is 25.6 Å². The van der Waals surface area contributed by atoms with Crippen LogP contribution < -0.4 is 10.2 Å². The quantitative estimate of drug-likeness (QED) is 0.871. The van der Waals surface area contributed by atoms with Crippen molar-refractivity contribution in [3.63, 3.8) is 0 Å². The first-order valence-electron chi connectivity index (χ1n) is 8.21. The number of benzene rings is 1. The topological polar surface area (TPSA) is 48.5 Å². The molecule has 1 aromatic heterocycles. The van der Waals surface area contributed by atoms with E-state index in [4.69, 9.17) is 11.6 Å². The molecular weight excluding hydrogens is 324 g/mol. The van der Waals surface area contributed by atoms with Crippen LogP contribution in [0.1, 0.15) is 28.8 Å². The zero-order chi connectivity index (χ0) is 16.5. The molecule has 24 heavy (non-hydrogen) atoms. The number of fused-ring (bicyclic) bond motifs is 1. The van der Waals surface area contributed by atoms with Crippen LogP contribution >= 0.6 is 11.6 Å². The van der Waals surface area contributed by atoms with E-state index in [1.165, 1.54) is 0 Å². The smallest absolute Gasteiger partial charge is 0.259 e. The Labute approximate surface area is 146 Å². The number of hydrogen-bond donors (Lipinski definition) is 1. The molecule has 6 heteroatoms. The van der Waals surface area contributed by atoms with Crippen molar-refractivity contribution < 1.29 is 4.79 Å². The Balaban J connectivity index is 1.68. The molecule has 0 bridgehead atoms. The van der Waals surface area contributed by atoms with Gasteiger partial charge in [-0.1, -0.05) is 41.9 Å². The Morgan fingerprint density at radius 3 is 2.88 bits per heavy atom. The van der Waals surface area contributed by atoms with Gasteiger partial charge in [0.25, 0.3) is 5.91 Å². The van der Waals surface area contributed by atoms with E-state index in [2.05, 4.69) is 15.2 Å². The monoisotopic (exact) mass is 342 g/mol. The number of anilines is 1. The SMILES string of the molecule is O=C1c2cnc(Cl)cc2N(C2CCCN2)CN1Cc1ccccc1. The molecule has 1 aromatic carbocycles. The molecule has 2 aliphatic heterocycles. The molecule has 3 heterocycles. The van der Waals surface area contributed by atoms with Crippen molar-refractivity contribution in [3.8, 4) is 0 Å². The van der Waals surface area contributed by atoms with Gasteiger partial charge in [0.2, 0.25) is 0 Å². The minimum atomic E-state index is 0.00673. The lowest BCUT2D eigenvalue weighted by Gasteiger charge is -2.41. The summed E-state index contributed by atoms with van der Waals surface area (Å²) in [6.45, 7) is 2.14. The van der Waals surface area contributed by atoms with Crippen LogP contribution in [-0.4, -0.2) is 35.2 Å². The molecule has 2 aliphatic rings. The van der Waals surface area contributed by atoms with E-state index in [-0.39, 0.29) is 12.1 Å². The number of hydrogen-bond acceptors (Lipinski definition) is 4. The molecule has 0 saturated carbocycles. The summed E-state index contributed by atoms with van der Waals surface area (Å²) in [7, 11) is 0. The van der Waals surface area contributed by atoms with Crippen LogP contribution in [0.4, 0.5) is 5.69 Å². The summed E-state index contributed by atoms with van der Waals surface area (Å²) in [6.07, 6.45) is 4.03. The summed E-state index contributed by atoms with van der Waals surface area (Å²) in [4.78, 5) is 21.1. The molecule has 1 unspecified atom stereocenters. The van der Waals surface area contributed by atoms with Crippen molar-refractivity contribution in [2.24, 2.45) is 0 Å². The second-order valence-corrected chi connectivity index (χ2v) is 6.62. The Kier molecular flexibility index (Phi) is 4.12. The molecule has 1 fully saturated rings. The third kappa shape index (κ3) is 2.85. The largest absolute Gasteiger partial charge is 0.337 e. The fourth-order valence-electron chi connectivity index (χ4n) is 3.44. The number of aromatic nitrogens is 1. The maximum Gasteiger partial charge on any atom is 0.259 e. The Morgan fingerprint density at radius 2 is 2.12 bits per heavy atom. The van der Waals surface area contributed by atoms with Crippen LogP contribution in [0.3, 0.4) is 0 Å². The minimum Gasteiger partial charge on any atom is -0.337 e. The minimum absolute atomic E-state index is 0.00673. The summed E-state index contributed by atoms with van der Waals surface area (Å²) >= 11 is 6.08. The maximum absolute atomic E-state index is 12.9. The highest BCUT2D eigenvalue weighted by Crippen LogP contribution is 2.32. The van der Waals surface area contributed by atoms with Gasteiger partial charge in [0.15, 0.2) is 0 Å².